The molecule has 0 aliphatic carbocycles. The fourth-order valence-electron chi connectivity index (χ4n) is 3.50. The third-order valence-electron chi connectivity index (χ3n) is 4.96. The first-order valence-electron chi connectivity index (χ1n) is 9.51. The van der Waals surface area contributed by atoms with E-state index in [0.29, 0.717) is 29.5 Å². The van der Waals surface area contributed by atoms with Crippen LogP contribution in [0.1, 0.15) is 45.3 Å². The lowest BCUT2D eigenvalue weighted by atomic mass is 10.0. The maximum atomic E-state index is 12.5. The Bertz CT molecular complexity index is 1230. The molecule has 4 rings (SSSR count). The summed E-state index contributed by atoms with van der Waals surface area (Å²) in [4.78, 5) is 25.3. The number of nitrogens with two attached hydrogens (primary N) is 1. The minimum absolute atomic E-state index is 0.0224. The van der Waals surface area contributed by atoms with Crippen LogP contribution in [0.25, 0.3) is 10.9 Å². The SMILES string of the molecule is Cc1cc(N)nc(C)c1CCC(=O)c1nc(Cc2ccc3ncc(Cl)cc3c2)no1. The second kappa shape index (κ2) is 8.20. The number of aryl methyl sites for hydroxylation is 2. The minimum atomic E-state index is -0.195. The number of ketones is 1. The van der Waals surface area contributed by atoms with Crippen molar-refractivity contribution < 1.29 is 9.32 Å². The molecular weight excluding hydrogens is 402 g/mol. The molecule has 152 valence electrons. The van der Waals surface area contributed by atoms with Crippen molar-refractivity contribution in [2.24, 2.45) is 0 Å². The molecule has 0 bridgehead atoms. The molecule has 30 heavy (non-hydrogen) atoms. The molecule has 7 nitrogen and oxygen atoms in total. The summed E-state index contributed by atoms with van der Waals surface area (Å²) >= 11 is 6.02. The minimum Gasteiger partial charge on any atom is -0.384 e. The number of anilines is 1. The number of carbonyl (C=O) groups excluding carboxylic acids is 1. The Morgan fingerprint density at radius 2 is 2.00 bits per heavy atom. The van der Waals surface area contributed by atoms with Gasteiger partial charge >= 0.3 is 0 Å². The van der Waals surface area contributed by atoms with Gasteiger partial charge in [0.05, 0.1) is 10.5 Å². The Balaban J connectivity index is 1.44. The number of halogens is 1. The highest BCUT2D eigenvalue weighted by atomic mass is 35.5. The molecule has 1 aromatic carbocycles. The number of benzene rings is 1. The molecule has 0 atom stereocenters. The Morgan fingerprint density at radius 1 is 1.17 bits per heavy atom. The van der Waals surface area contributed by atoms with Gasteiger partial charge in [-0.05, 0) is 61.2 Å². The van der Waals surface area contributed by atoms with Crippen LogP contribution in [-0.2, 0) is 12.8 Å². The van der Waals surface area contributed by atoms with Gasteiger partial charge in [0.1, 0.15) is 5.82 Å². The number of pyridine rings is 2. The Kier molecular flexibility index (Phi) is 5.46. The van der Waals surface area contributed by atoms with E-state index in [9.17, 15) is 4.79 Å². The lowest BCUT2D eigenvalue weighted by Gasteiger charge is -2.09. The fraction of sp³-hybridized carbons (Fsp3) is 0.227. The highest BCUT2D eigenvalue weighted by Crippen LogP contribution is 2.20. The van der Waals surface area contributed by atoms with Gasteiger partial charge in [0.15, 0.2) is 5.82 Å². The summed E-state index contributed by atoms with van der Waals surface area (Å²) in [6.07, 6.45) is 2.86. The molecule has 0 unspecified atom stereocenters. The van der Waals surface area contributed by atoms with Crippen molar-refractivity contribution in [3.8, 4) is 0 Å². The number of nitrogen functional groups attached to an aromatic ring is 1. The molecule has 8 heteroatoms. The largest absolute Gasteiger partial charge is 0.384 e. The molecule has 0 aliphatic rings. The van der Waals surface area contributed by atoms with Crippen LogP contribution in [-0.4, -0.2) is 25.9 Å². The number of hydrogen-bond acceptors (Lipinski definition) is 7. The van der Waals surface area contributed by atoms with Crippen LogP contribution in [0.15, 0.2) is 41.1 Å². The van der Waals surface area contributed by atoms with Crippen LogP contribution < -0.4 is 5.73 Å². The highest BCUT2D eigenvalue weighted by Gasteiger charge is 2.17. The van der Waals surface area contributed by atoms with Gasteiger partial charge in [-0.3, -0.25) is 9.78 Å². The van der Waals surface area contributed by atoms with E-state index in [4.69, 9.17) is 21.9 Å². The molecule has 0 radical (unpaired) electrons. The van der Waals surface area contributed by atoms with E-state index in [1.54, 1.807) is 6.20 Å². The fourth-order valence-corrected chi connectivity index (χ4v) is 3.66. The number of Topliss-reactive ketones (excluding diaryl/α,β-unsaturated/α-hetero) is 1. The van der Waals surface area contributed by atoms with Gasteiger partial charge in [-0.25, -0.2) is 4.98 Å². The van der Waals surface area contributed by atoms with Crippen LogP contribution >= 0.6 is 11.6 Å². The van der Waals surface area contributed by atoms with Crippen LogP contribution in [0.2, 0.25) is 5.02 Å². The molecule has 2 N–H and O–H groups in total. The van der Waals surface area contributed by atoms with Crippen molar-refractivity contribution in [3.63, 3.8) is 0 Å². The Labute approximate surface area is 178 Å². The predicted molar refractivity (Wildman–Crippen MR) is 115 cm³/mol. The lowest BCUT2D eigenvalue weighted by molar-refractivity contribution is 0.0940. The Morgan fingerprint density at radius 3 is 2.80 bits per heavy atom. The second-order valence-corrected chi connectivity index (χ2v) is 7.66. The molecule has 0 fully saturated rings. The van der Waals surface area contributed by atoms with Gasteiger partial charge in [0, 0.05) is 30.1 Å². The van der Waals surface area contributed by atoms with E-state index in [1.807, 2.05) is 44.2 Å². The first-order valence-corrected chi connectivity index (χ1v) is 9.89. The molecule has 3 heterocycles. The average Bonchev–Trinajstić information content (AvgIpc) is 3.15. The van der Waals surface area contributed by atoms with Crippen molar-refractivity contribution in [3.05, 3.63) is 75.7 Å². The summed E-state index contributed by atoms with van der Waals surface area (Å²) in [5, 5.41) is 5.47. The molecule has 4 aromatic rings. The zero-order valence-corrected chi connectivity index (χ0v) is 17.4. The maximum absolute atomic E-state index is 12.5. The van der Waals surface area contributed by atoms with Crippen molar-refractivity contribution >= 4 is 34.1 Å². The number of carbonyl (C=O) groups is 1. The van der Waals surface area contributed by atoms with Crippen LogP contribution in [0.5, 0.6) is 0 Å². The van der Waals surface area contributed by atoms with Crippen molar-refractivity contribution in [1.82, 2.24) is 20.1 Å². The maximum Gasteiger partial charge on any atom is 0.294 e. The summed E-state index contributed by atoms with van der Waals surface area (Å²) in [7, 11) is 0. The van der Waals surface area contributed by atoms with E-state index < -0.39 is 0 Å². The van der Waals surface area contributed by atoms with Gasteiger partial charge in [-0.2, -0.15) is 4.98 Å². The number of hydrogen-bond donors (Lipinski definition) is 1. The van der Waals surface area contributed by atoms with Gasteiger partial charge in [-0.1, -0.05) is 22.8 Å². The number of aromatic nitrogens is 4. The topological polar surface area (TPSA) is 108 Å². The normalized spacial score (nSPS) is 11.2. The molecule has 3 aromatic heterocycles. The van der Waals surface area contributed by atoms with E-state index in [1.165, 1.54) is 0 Å². The number of rotatable bonds is 6. The van der Waals surface area contributed by atoms with Crippen molar-refractivity contribution in [2.75, 3.05) is 5.73 Å². The Hall–Kier alpha value is -3.32. The first-order chi connectivity index (χ1) is 14.4. The molecule has 0 aliphatic heterocycles. The predicted octanol–water partition coefficient (Wildman–Crippen LogP) is 4.27. The quantitative estimate of drug-likeness (QED) is 0.463. The third-order valence-corrected chi connectivity index (χ3v) is 5.16. The summed E-state index contributed by atoms with van der Waals surface area (Å²) in [6.45, 7) is 3.85. The van der Waals surface area contributed by atoms with Gasteiger partial charge in [-0.15, -0.1) is 0 Å². The van der Waals surface area contributed by atoms with Crippen LogP contribution in [0.4, 0.5) is 5.82 Å². The number of nitrogens with zero attached hydrogens (tertiary/aromatic N) is 4. The van der Waals surface area contributed by atoms with Gasteiger partial charge in [0.2, 0.25) is 5.78 Å². The number of fused-ring (bicyclic) bond motifs is 1. The van der Waals surface area contributed by atoms with E-state index in [-0.39, 0.29) is 18.1 Å². The van der Waals surface area contributed by atoms with E-state index in [0.717, 1.165) is 33.3 Å². The van der Waals surface area contributed by atoms with Crippen LogP contribution in [0, 0.1) is 13.8 Å². The average molecular weight is 422 g/mol. The van der Waals surface area contributed by atoms with Gasteiger partial charge < -0.3 is 10.3 Å². The summed E-state index contributed by atoms with van der Waals surface area (Å²) in [6, 6.07) is 9.50. The molecular formula is C22H20ClN5O2. The third kappa shape index (κ3) is 4.31. The molecule has 0 amide bonds. The standard InChI is InChI=1S/C22H20ClN5O2/c1-12-7-20(24)26-13(2)17(12)4-6-19(29)22-27-21(28-30-22)9-14-3-5-18-15(8-14)10-16(23)11-25-18/h3,5,7-8,10-11H,4,6,9H2,1-2H3,(H2,24,26). The second-order valence-electron chi connectivity index (χ2n) is 7.22. The van der Waals surface area contributed by atoms with Crippen molar-refractivity contribution in [2.45, 2.75) is 33.1 Å². The van der Waals surface area contributed by atoms with E-state index in [2.05, 4.69) is 20.1 Å². The zero-order valence-electron chi connectivity index (χ0n) is 16.6. The smallest absolute Gasteiger partial charge is 0.294 e. The lowest BCUT2D eigenvalue weighted by Crippen LogP contribution is -2.06. The first kappa shape index (κ1) is 20.0. The monoisotopic (exact) mass is 421 g/mol. The summed E-state index contributed by atoms with van der Waals surface area (Å²) in [5.74, 6) is 0.760. The van der Waals surface area contributed by atoms with Gasteiger partial charge in [0.25, 0.3) is 5.89 Å². The van der Waals surface area contributed by atoms with E-state index >= 15 is 0 Å². The summed E-state index contributed by atoms with van der Waals surface area (Å²) in [5.41, 5.74) is 10.5. The molecule has 0 saturated heterocycles. The summed E-state index contributed by atoms with van der Waals surface area (Å²) < 4.78 is 5.19. The highest BCUT2D eigenvalue weighted by molar-refractivity contribution is 6.31. The van der Waals surface area contributed by atoms with Crippen LogP contribution in [0.3, 0.4) is 0 Å². The zero-order chi connectivity index (χ0) is 21.3. The van der Waals surface area contributed by atoms with Crippen molar-refractivity contribution in [1.29, 1.82) is 0 Å². The molecule has 0 spiro atoms. The molecule has 0 saturated carbocycles.